The number of thioether (sulfide) groups is 1. The van der Waals surface area contributed by atoms with E-state index in [1.54, 1.807) is 0 Å². The molecule has 0 bridgehead atoms. The molecule has 1 aromatic rings. The first-order valence-corrected chi connectivity index (χ1v) is 12.1. The quantitative estimate of drug-likeness (QED) is 0.146. The first-order valence-electron chi connectivity index (χ1n) is 11.0. The molecule has 14 heteroatoms. The molecule has 1 fully saturated rings. The van der Waals surface area contributed by atoms with Gasteiger partial charge in [0.1, 0.15) is 11.1 Å². The molecule has 0 saturated carbocycles. The molecule has 196 valence electrons. The molecular formula is C23H23N3O10S. The number of carbonyl (C=O) groups is 6. The fraction of sp³-hybridized carbons (Fsp3) is 0.391. The fourth-order valence-electron chi connectivity index (χ4n) is 4.81. The average Bonchev–Trinajstić information content (AvgIpc) is 3.11. The second-order valence-corrected chi connectivity index (χ2v) is 9.81. The van der Waals surface area contributed by atoms with Gasteiger partial charge in [0.05, 0.1) is 12.6 Å². The van der Waals surface area contributed by atoms with Crippen LogP contribution in [0.5, 0.6) is 0 Å². The van der Waals surface area contributed by atoms with Gasteiger partial charge in [-0.05, 0) is 18.4 Å². The first-order chi connectivity index (χ1) is 17.5. The maximum atomic E-state index is 13.0. The minimum Gasteiger partial charge on any atom is -0.480 e. The number of rotatable bonds is 9. The molecule has 1 saturated heterocycles. The summed E-state index contributed by atoms with van der Waals surface area (Å²) in [4.78, 5) is 76.5. The number of hydrogen-bond acceptors (Lipinski definition) is 10. The lowest BCUT2D eigenvalue weighted by atomic mass is 9.77. The zero-order chi connectivity index (χ0) is 27.3. The Kier molecular flexibility index (Phi) is 6.71. The number of carboxylic acids is 2. The topological polar surface area (TPSA) is 214 Å². The van der Waals surface area contributed by atoms with Crippen molar-refractivity contribution >= 4 is 47.1 Å². The van der Waals surface area contributed by atoms with E-state index in [-0.39, 0.29) is 22.5 Å². The molecule has 1 unspecified atom stereocenters. The number of methoxy groups -OCH3 is 1. The van der Waals surface area contributed by atoms with Crippen LogP contribution in [0.25, 0.3) is 0 Å². The van der Waals surface area contributed by atoms with E-state index in [1.807, 2.05) is 0 Å². The maximum Gasteiger partial charge on any atom is 0.352 e. The minimum atomic E-state index is -2.43. The summed E-state index contributed by atoms with van der Waals surface area (Å²) in [6, 6.07) is 4.27. The third kappa shape index (κ3) is 3.67. The molecule has 37 heavy (non-hydrogen) atoms. The monoisotopic (exact) mass is 533 g/mol. The van der Waals surface area contributed by atoms with Crippen LogP contribution in [0.4, 0.5) is 0 Å². The molecule has 2 aliphatic heterocycles. The van der Waals surface area contributed by atoms with E-state index in [2.05, 4.69) is 5.32 Å². The van der Waals surface area contributed by atoms with Crippen LogP contribution in [0.1, 0.15) is 33.6 Å². The van der Waals surface area contributed by atoms with Gasteiger partial charge in [-0.1, -0.05) is 24.3 Å². The lowest BCUT2D eigenvalue weighted by Crippen LogP contribution is -2.81. The van der Waals surface area contributed by atoms with E-state index in [0.29, 0.717) is 0 Å². The number of hydrogen-bond donors (Lipinski definition) is 5. The summed E-state index contributed by atoms with van der Waals surface area (Å²) in [5.74, 6) is -6.63. The number of nitrogens with zero attached hydrogens (tertiary/aromatic N) is 1. The standard InChI is InChI=1S/C23H23N3O10S/c1-36-23(19(33)26-14(18(31)32)10(8-27)9-37-20(23)26)25-17(30)13(24)6-7-22(21(34)35)15(28)11-4-2-3-5-12(11)16(22)29/h2-5,13,20,27H,6-9,24H2,1H3,(H,25,30)(H,31,32)(H,34,35)/t13?,20-,23-/m0/s1. The molecule has 6 N–H and O–H groups in total. The molecule has 0 radical (unpaired) electrons. The Morgan fingerprint density at radius 1 is 1.19 bits per heavy atom. The number of β-lactam (4-membered cyclic amide) rings is 1. The zero-order valence-electron chi connectivity index (χ0n) is 19.4. The van der Waals surface area contributed by atoms with E-state index in [9.17, 15) is 44.1 Å². The second-order valence-electron chi connectivity index (χ2n) is 8.74. The summed E-state index contributed by atoms with van der Waals surface area (Å²) < 4.78 is 5.31. The number of benzene rings is 1. The molecule has 2 heterocycles. The summed E-state index contributed by atoms with van der Waals surface area (Å²) in [6.07, 6.45) is -0.957. The molecule has 0 aromatic heterocycles. The first kappa shape index (κ1) is 26.5. The van der Waals surface area contributed by atoms with E-state index in [4.69, 9.17) is 10.5 Å². The number of ketones is 2. The van der Waals surface area contributed by atoms with Crippen molar-refractivity contribution in [3.05, 3.63) is 46.7 Å². The third-order valence-electron chi connectivity index (χ3n) is 6.86. The van der Waals surface area contributed by atoms with Crippen molar-refractivity contribution in [3.8, 4) is 0 Å². The predicted octanol–water partition coefficient (Wildman–Crippen LogP) is -1.05. The van der Waals surface area contributed by atoms with Crippen LogP contribution in [-0.4, -0.2) is 92.1 Å². The number of aliphatic hydroxyl groups is 1. The van der Waals surface area contributed by atoms with Crippen LogP contribution >= 0.6 is 11.8 Å². The summed E-state index contributed by atoms with van der Waals surface area (Å²) in [5.41, 5.74) is 1.27. The third-order valence-corrected chi connectivity index (χ3v) is 8.23. The van der Waals surface area contributed by atoms with Crippen molar-refractivity contribution in [1.82, 2.24) is 10.2 Å². The summed E-state index contributed by atoms with van der Waals surface area (Å²) >= 11 is 1.06. The number of Topliss-reactive ketones (excluding diaryl/α,β-unsaturated/α-hetero) is 2. The van der Waals surface area contributed by atoms with Gasteiger partial charge in [-0.15, -0.1) is 11.8 Å². The highest BCUT2D eigenvalue weighted by Crippen LogP contribution is 2.46. The normalized spacial score (nSPS) is 24.8. The summed E-state index contributed by atoms with van der Waals surface area (Å²) in [7, 11) is 1.14. The van der Waals surface area contributed by atoms with E-state index in [0.717, 1.165) is 23.8 Å². The van der Waals surface area contributed by atoms with Gasteiger partial charge < -0.3 is 31.1 Å². The van der Waals surface area contributed by atoms with Crippen LogP contribution in [0.15, 0.2) is 35.5 Å². The highest BCUT2D eigenvalue weighted by molar-refractivity contribution is 8.00. The maximum absolute atomic E-state index is 13.0. The molecule has 0 spiro atoms. The Morgan fingerprint density at radius 3 is 2.27 bits per heavy atom. The van der Waals surface area contributed by atoms with Crippen molar-refractivity contribution in [2.45, 2.75) is 30.0 Å². The largest absolute Gasteiger partial charge is 0.480 e. The zero-order valence-corrected chi connectivity index (χ0v) is 20.2. The molecule has 2 amide bonds. The van der Waals surface area contributed by atoms with Gasteiger partial charge in [0.2, 0.25) is 5.91 Å². The molecular weight excluding hydrogens is 510 g/mol. The van der Waals surface area contributed by atoms with Crippen LogP contribution in [-0.2, 0) is 23.9 Å². The van der Waals surface area contributed by atoms with Gasteiger partial charge in [-0.25, -0.2) is 4.79 Å². The van der Waals surface area contributed by atoms with Crippen molar-refractivity contribution < 1.29 is 48.8 Å². The molecule has 4 rings (SSSR count). The number of ether oxygens (including phenoxy) is 1. The lowest BCUT2D eigenvalue weighted by Gasteiger charge is -2.55. The Hall–Kier alpha value is -3.59. The molecule has 3 aliphatic rings. The van der Waals surface area contributed by atoms with Crippen molar-refractivity contribution in [3.63, 3.8) is 0 Å². The van der Waals surface area contributed by atoms with E-state index in [1.165, 1.54) is 24.3 Å². The van der Waals surface area contributed by atoms with Gasteiger partial charge in [0.25, 0.3) is 11.6 Å². The smallest absolute Gasteiger partial charge is 0.352 e. The van der Waals surface area contributed by atoms with Crippen LogP contribution in [0.3, 0.4) is 0 Å². The number of nitrogens with two attached hydrogens (primary N) is 1. The van der Waals surface area contributed by atoms with Crippen LogP contribution in [0, 0.1) is 5.41 Å². The highest BCUT2D eigenvalue weighted by atomic mass is 32.2. The van der Waals surface area contributed by atoms with E-state index >= 15 is 0 Å². The predicted molar refractivity (Wildman–Crippen MR) is 125 cm³/mol. The highest BCUT2D eigenvalue weighted by Gasteiger charge is 2.67. The van der Waals surface area contributed by atoms with Gasteiger partial charge in [-0.2, -0.15) is 0 Å². The number of fused-ring (bicyclic) bond motifs is 2. The molecule has 1 aliphatic carbocycles. The lowest BCUT2D eigenvalue weighted by molar-refractivity contribution is -0.192. The number of aliphatic hydroxyl groups excluding tert-OH is 1. The van der Waals surface area contributed by atoms with E-state index < -0.39 is 83.0 Å². The minimum absolute atomic E-state index is 0.0229. The Labute approximate surface area is 213 Å². The van der Waals surface area contributed by atoms with Crippen LogP contribution in [0.2, 0.25) is 0 Å². The fourth-order valence-corrected chi connectivity index (χ4v) is 6.24. The molecule has 1 aromatic carbocycles. The number of amides is 2. The van der Waals surface area contributed by atoms with Gasteiger partial charge in [0.15, 0.2) is 17.0 Å². The molecule has 13 nitrogen and oxygen atoms in total. The van der Waals surface area contributed by atoms with Crippen LogP contribution < -0.4 is 11.1 Å². The number of aliphatic carboxylic acids is 2. The van der Waals surface area contributed by atoms with Crippen molar-refractivity contribution in [1.29, 1.82) is 0 Å². The Bertz CT molecular complexity index is 1240. The van der Waals surface area contributed by atoms with Gasteiger partial charge in [-0.3, -0.25) is 28.9 Å². The number of nitrogens with one attached hydrogen (secondary N) is 1. The molecule has 3 atom stereocenters. The van der Waals surface area contributed by atoms with Crippen molar-refractivity contribution in [2.75, 3.05) is 19.5 Å². The summed E-state index contributed by atoms with van der Waals surface area (Å²) in [5, 5.41) is 30.2. The Morgan fingerprint density at radius 2 is 1.78 bits per heavy atom. The van der Waals surface area contributed by atoms with Gasteiger partial charge >= 0.3 is 11.9 Å². The number of carbonyl (C=O) groups excluding carboxylic acids is 4. The SMILES string of the molecule is CO[C@@]1(NC(=O)C(N)CCC2(C(=O)O)C(=O)c3ccccc3C2=O)C(=O)N2C(C(=O)O)=C(CO)CS[C@H]21. The second kappa shape index (κ2) is 9.37. The van der Waals surface area contributed by atoms with Crippen molar-refractivity contribution in [2.24, 2.45) is 11.1 Å². The summed E-state index contributed by atoms with van der Waals surface area (Å²) in [6.45, 7) is -0.574. The van der Waals surface area contributed by atoms with Gasteiger partial charge in [0, 0.05) is 24.0 Å². The average molecular weight is 534 g/mol. The number of carboxylic acid groups (broad SMARTS) is 2. The Balaban J connectivity index is 1.51.